The van der Waals surface area contributed by atoms with Crippen LogP contribution < -0.4 is 5.32 Å². The summed E-state index contributed by atoms with van der Waals surface area (Å²) in [6, 6.07) is 1.04. The van der Waals surface area contributed by atoms with E-state index in [4.69, 9.17) is 0 Å². The first-order valence-corrected chi connectivity index (χ1v) is 5.57. The molecule has 2 heterocycles. The van der Waals surface area contributed by atoms with Crippen molar-refractivity contribution in [1.29, 1.82) is 0 Å². The van der Waals surface area contributed by atoms with Crippen LogP contribution in [0.3, 0.4) is 0 Å². The second kappa shape index (κ2) is 4.57. The first-order chi connectivity index (χ1) is 6.81. The molecule has 0 aromatic carbocycles. The zero-order valence-electron chi connectivity index (χ0n) is 8.95. The number of piperazine rings is 1. The molecule has 4 heteroatoms. The van der Waals surface area contributed by atoms with Crippen molar-refractivity contribution >= 4 is 0 Å². The molecule has 2 aliphatic rings. The summed E-state index contributed by atoms with van der Waals surface area (Å²) in [5.41, 5.74) is 0. The van der Waals surface area contributed by atoms with Gasteiger partial charge in [-0.2, -0.15) is 0 Å². The molecule has 0 bridgehead atoms. The fraction of sp³-hybridized carbons (Fsp3) is 1.00. The molecule has 0 aromatic heterocycles. The monoisotopic (exact) mass is 199 g/mol. The molecule has 2 rings (SSSR count). The van der Waals surface area contributed by atoms with E-state index in [0.717, 1.165) is 32.7 Å². The number of aliphatic hydroxyl groups excluding tert-OH is 1. The second-order valence-electron chi connectivity index (χ2n) is 4.46. The number of aliphatic hydroxyl groups is 1. The molecule has 2 atom stereocenters. The van der Waals surface area contributed by atoms with Crippen LogP contribution in [0.25, 0.3) is 0 Å². The van der Waals surface area contributed by atoms with Gasteiger partial charge in [0.1, 0.15) is 0 Å². The van der Waals surface area contributed by atoms with Crippen molar-refractivity contribution in [3.8, 4) is 0 Å². The topological polar surface area (TPSA) is 38.7 Å². The Bertz CT molecular complexity index is 182. The third kappa shape index (κ3) is 2.08. The maximum atomic E-state index is 9.24. The molecule has 82 valence electrons. The summed E-state index contributed by atoms with van der Waals surface area (Å²) in [7, 11) is 2.10. The van der Waals surface area contributed by atoms with Gasteiger partial charge in [-0.05, 0) is 20.0 Å². The van der Waals surface area contributed by atoms with Crippen LogP contribution in [-0.4, -0.2) is 73.4 Å². The van der Waals surface area contributed by atoms with Crippen molar-refractivity contribution in [2.45, 2.75) is 18.5 Å². The van der Waals surface area contributed by atoms with E-state index in [9.17, 15) is 5.11 Å². The van der Waals surface area contributed by atoms with Gasteiger partial charge in [0.15, 0.2) is 0 Å². The van der Waals surface area contributed by atoms with Crippen molar-refractivity contribution in [2.24, 2.45) is 0 Å². The molecule has 2 fully saturated rings. The molecule has 0 amide bonds. The second-order valence-corrected chi connectivity index (χ2v) is 4.46. The SMILES string of the molecule is CN1CCN([C@@H]2CCNC2)C[C@@H]1CO. The Hall–Kier alpha value is -0.160. The third-order valence-corrected chi connectivity index (χ3v) is 3.57. The molecule has 0 saturated carbocycles. The number of likely N-dealkylation sites (N-methyl/N-ethyl adjacent to an activating group) is 1. The Morgan fingerprint density at radius 1 is 1.43 bits per heavy atom. The van der Waals surface area contributed by atoms with Gasteiger partial charge < -0.3 is 10.4 Å². The van der Waals surface area contributed by atoms with Crippen LogP contribution in [-0.2, 0) is 0 Å². The van der Waals surface area contributed by atoms with Crippen LogP contribution in [0, 0.1) is 0 Å². The zero-order valence-corrected chi connectivity index (χ0v) is 8.95. The van der Waals surface area contributed by atoms with Crippen molar-refractivity contribution in [1.82, 2.24) is 15.1 Å². The Morgan fingerprint density at radius 2 is 2.29 bits per heavy atom. The van der Waals surface area contributed by atoms with E-state index in [-0.39, 0.29) is 6.61 Å². The van der Waals surface area contributed by atoms with Gasteiger partial charge in [-0.3, -0.25) is 9.80 Å². The molecule has 2 aliphatic heterocycles. The van der Waals surface area contributed by atoms with E-state index in [1.807, 2.05) is 0 Å². The number of hydrogen-bond donors (Lipinski definition) is 2. The summed E-state index contributed by atoms with van der Waals surface area (Å²) in [4.78, 5) is 4.79. The average Bonchev–Trinajstić information content (AvgIpc) is 2.71. The third-order valence-electron chi connectivity index (χ3n) is 3.57. The molecule has 0 unspecified atom stereocenters. The minimum absolute atomic E-state index is 0.285. The van der Waals surface area contributed by atoms with Crippen molar-refractivity contribution < 1.29 is 5.11 Å². The standard InChI is InChI=1S/C10H21N3O/c1-12-4-5-13(7-10(12)8-14)9-2-3-11-6-9/h9-11,14H,2-8H2,1H3/t9-,10-/m1/s1. The number of rotatable bonds is 2. The summed E-state index contributed by atoms with van der Waals surface area (Å²) < 4.78 is 0. The van der Waals surface area contributed by atoms with Crippen LogP contribution >= 0.6 is 0 Å². The lowest BCUT2D eigenvalue weighted by Crippen LogP contribution is -2.56. The smallest absolute Gasteiger partial charge is 0.0599 e. The van der Waals surface area contributed by atoms with E-state index >= 15 is 0 Å². The molecular weight excluding hydrogens is 178 g/mol. The minimum Gasteiger partial charge on any atom is -0.395 e. The highest BCUT2D eigenvalue weighted by atomic mass is 16.3. The highest BCUT2D eigenvalue weighted by Crippen LogP contribution is 2.14. The predicted octanol–water partition coefficient (Wildman–Crippen LogP) is -1.04. The molecule has 0 radical (unpaired) electrons. The highest BCUT2D eigenvalue weighted by Gasteiger charge is 2.29. The van der Waals surface area contributed by atoms with Gasteiger partial charge in [0.05, 0.1) is 6.61 Å². The van der Waals surface area contributed by atoms with Crippen molar-refractivity contribution in [3.05, 3.63) is 0 Å². The van der Waals surface area contributed by atoms with Crippen LogP contribution in [0.1, 0.15) is 6.42 Å². The summed E-state index contributed by atoms with van der Waals surface area (Å²) in [6.07, 6.45) is 1.27. The number of nitrogens with zero attached hydrogens (tertiary/aromatic N) is 2. The maximum absolute atomic E-state index is 9.24. The molecule has 4 nitrogen and oxygen atoms in total. The quantitative estimate of drug-likeness (QED) is 0.596. The molecule has 0 spiro atoms. The van der Waals surface area contributed by atoms with Gasteiger partial charge in [0.2, 0.25) is 0 Å². The van der Waals surface area contributed by atoms with E-state index in [1.165, 1.54) is 6.42 Å². The Balaban J connectivity index is 1.88. The first-order valence-electron chi connectivity index (χ1n) is 5.57. The lowest BCUT2D eigenvalue weighted by Gasteiger charge is -2.41. The minimum atomic E-state index is 0.285. The van der Waals surface area contributed by atoms with Gasteiger partial charge in [0.25, 0.3) is 0 Å². The average molecular weight is 199 g/mol. The van der Waals surface area contributed by atoms with Crippen molar-refractivity contribution in [2.75, 3.05) is 46.4 Å². The fourth-order valence-electron chi connectivity index (χ4n) is 2.45. The normalized spacial score (nSPS) is 36.4. The Labute approximate surface area is 85.9 Å². The van der Waals surface area contributed by atoms with Gasteiger partial charge in [-0.15, -0.1) is 0 Å². The summed E-state index contributed by atoms with van der Waals surface area (Å²) in [5, 5.41) is 12.6. The fourth-order valence-corrected chi connectivity index (χ4v) is 2.45. The first kappa shape index (κ1) is 10.4. The molecular formula is C10H21N3O. The van der Waals surface area contributed by atoms with E-state index < -0.39 is 0 Å². The van der Waals surface area contributed by atoms with Gasteiger partial charge in [0, 0.05) is 38.3 Å². The summed E-state index contributed by atoms with van der Waals surface area (Å²) in [6.45, 7) is 5.83. The van der Waals surface area contributed by atoms with Crippen LogP contribution in [0.4, 0.5) is 0 Å². The van der Waals surface area contributed by atoms with Crippen LogP contribution in [0.5, 0.6) is 0 Å². The van der Waals surface area contributed by atoms with Gasteiger partial charge in [-0.25, -0.2) is 0 Å². The molecule has 14 heavy (non-hydrogen) atoms. The highest BCUT2D eigenvalue weighted by molar-refractivity contribution is 4.87. The van der Waals surface area contributed by atoms with E-state index in [2.05, 4.69) is 22.2 Å². The van der Waals surface area contributed by atoms with Crippen LogP contribution in [0.15, 0.2) is 0 Å². The van der Waals surface area contributed by atoms with Gasteiger partial charge in [-0.1, -0.05) is 0 Å². The predicted molar refractivity (Wildman–Crippen MR) is 56.4 cm³/mol. The van der Waals surface area contributed by atoms with Gasteiger partial charge >= 0.3 is 0 Å². The zero-order chi connectivity index (χ0) is 9.97. The number of nitrogens with one attached hydrogen (secondary N) is 1. The van der Waals surface area contributed by atoms with E-state index in [0.29, 0.717) is 12.1 Å². The lowest BCUT2D eigenvalue weighted by molar-refractivity contribution is 0.0395. The van der Waals surface area contributed by atoms with E-state index in [1.54, 1.807) is 0 Å². The largest absolute Gasteiger partial charge is 0.395 e. The molecule has 0 aromatic rings. The molecule has 0 aliphatic carbocycles. The van der Waals surface area contributed by atoms with Crippen LogP contribution in [0.2, 0.25) is 0 Å². The maximum Gasteiger partial charge on any atom is 0.0599 e. The Kier molecular flexibility index (Phi) is 3.38. The molecule has 2 N–H and O–H groups in total. The summed E-state index contributed by atoms with van der Waals surface area (Å²) >= 11 is 0. The Morgan fingerprint density at radius 3 is 2.93 bits per heavy atom. The summed E-state index contributed by atoms with van der Waals surface area (Å²) in [5.74, 6) is 0. The molecule has 2 saturated heterocycles. The lowest BCUT2D eigenvalue weighted by atomic mass is 10.1. The van der Waals surface area contributed by atoms with Crippen molar-refractivity contribution in [3.63, 3.8) is 0 Å². The number of hydrogen-bond acceptors (Lipinski definition) is 4.